The lowest BCUT2D eigenvalue weighted by atomic mass is 9.90. The molecule has 0 unspecified atom stereocenters. The molecule has 2 atom stereocenters. The summed E-state index contributed by atoms with van der Waals surface area (Å²) in [6.07, 6.45) is 0.867. The smallest absolute Gasteiger partial charge is 0.243 e. The van der Waals surface area contributed by atoms with Crippen LogP contribution in [0.1, 0.15) is 20.6 Å². The Kier molecular flexibility index (Phi) is 1.47. The fraction of sp³-hybridized carbons (Fsp3) is 0.462. The first-order valence-corrected chi connectivity index (χ1v) is 6.05. The first-order valence-electron chi connectivity index (χ1n) is 7.05. The van der Waals surface area contributed by atoms with E-state index in [9.17, 15) is 4.79 Å². The molecule has 0 saturated carbocycles. The van der Waals surface area contributed by atoms with E-state index in [0.717, 1.165) is 36.4 Å². The summed E-state index contributed by atoms with van der Waals surface area (Å²) in [7, 11) is 0. The van der Waals surface area contributed by atoms with Crippen LogP contribution in [0.5, 0.6) is 0 Å². The fourth-order valence-corrected chi connectivity index (χ4v) is 3.27. The monoisotopic (exact) mass is 231 g/mol. The lowest BCUT2D eigenvalue weighted by Gasteiger charge is -2.35. The van der Waals surface area contributed by atoms with E-state index in [1.165, 1.54) is 0 Å². The molecule has 1 saturated heterocycles. The van der Waals surface area contributed by atoms with E-state index in [-0.39, 0.29) is 12.0 Å². The molecule has 17 heavy (non-hydrogen) atoms. The van der Waals surface area contributed by atoms with Gasteiger partial charge in [0.2, 0.25) is 5.91 Å². The van der Waals surface area contributed by atoms with Crippen LogP contribution in [0.4, 0.5) is 11.4 Å². The minimum absolute atomic E-state index is 0.0819. The van der Waals surface area contributed by atoms with Crippen LogP contribution in [-0.2, 0) is 4.79 Å². The standard InChI is InChI=1S/C13H15N3O/c17-12-7-16-11-4-5-14-6-9(11)8-2-1-3-10(15-12)13(8)16/h1-3,9,11,14H,4-7H2,(H,15,17)/t9-,11-/m0/s1/i7D2. The topological polar surface area (TPSA) is 44.4 Å². The van der Waals surface area contributed by atoms with Crippen LogP contribution in [0.15, 0.2) is 18.2 Å². The Balaban J connectivity index is 1.95. The van der Waals surface area contributed by atoms with E-state index < -0.39 is 12.4 Å². The van der Waals surface area contributed by atoms with Gasteiger partial charge >= 0.3 is 0 Å². The Labute approximate surface area is 103 Å². The van der Waals surface area contributed by atoms with Crippen molar-refractivity contribution in [1.29, 1.82) is 0 Å². The van der Waals surface area contributed by atoms with Crippen LogP contribution in [0.3, 0.4) is 0 Å². The minimum atomic E-state index is -1.96. The number of carbonyl (C=O) groups excluding carboxylic acids is 1. The molecule has 0 aliphatic carbocycles. The van der Waals surface area contributed by atoms with Crippen LogP contribution in [-0.4, -0.2) is 31.5 Å². The SMILES string of the molecule is [2H]C1([2H])C(=O)Nc2cccc3c2N1[C@H]1CCNC[C@@H]31. The number of hydrogen-bond donors (Lipinski definition) is 2. The zero-order valence-electron chi connectivity index (χ0n) is 11.4. The van der Waals surface area contributed by atoms with Gasteiger partial charge in [-0.05, 0) is 24.6 Å². The van der Waals surface area contributed by atoms with E-state index in [0.29, 0.717) is 0 Å². The first kappa shape index (κ1) is 7.71. The Morgan fingerprint density at radius 1 is 1.47 bits per heavy atom. The molecule has 0 bridgehead atoms. The number of para-hydroxylation sites is 1. The molecule has 0 spiro atoms. The number of nitrogens with one attached hydrogen (secondary N) is 2. The Morgan fingerprint density at radius 3 is 3.35 bits per heavy atom. The van der Waals surface area contributed by atoms with Crippen LogP contribution >= 0.6 is 0 Å². The van der Waals surface area contributed by atoms with Crippen molar-refractivity contribution < 1.29 is 7.54 Å². The molecule has 1 aromatic rings. The zero-order valence-corrected chi connectivity index (χ0v) is 9.36. The van der Waals surface area contributed by atoms with E-state index in [4.69, 9.17) is 2.74 Å². The summed E-state index contributed by atoms with van der Waals surface area (Å²) < 4.78 is 16.3. The van der Waals surface area contributed by atoms with Gasteiger partial charge in [-0.25, -0.2) is 0 Å². The molecule has 3 aliphatic heterocycles. The molecule has 1 aromatic carbocycles. The van der Waals surface area contributed by atoms with Gasteiger partial charge < -0.3 is 15.5 Å². The third-order valence-electron chi connectivity index (χ3n) is 3.96. The Bertz CT molecular complexity index is 575. The molecular formula is C13H15N3O. The van der Waals surface area contributed by atoms with Crippen molar-refractivity contribution in [2.75, 3.05) is 29.8 Å². The average molecular weight is 231 g/mol. The van der Waals surface area contributed by atoms with Gasteiger partial charge in [0.15, 0.2) is 0 Å². The second-order valence-corrected chi connectivity index (χ2v) is 4.85. The number of rotatable bonds is 0. The van der Waals surface area contributed by atoms with Crippen LogP contribution in [0.25, 0.3) is 0 Å². The maximum atomic E-state index is 12.0. The number of anilines is 2. The van der Waals surface area contributed by atoms with Crippen molar-refractivity contribution in [3.8, 4) is 0 Å². The number of nitrogens with zero attached hydrogens (tertiary/aromatic N) is 1. The predicted molar refractivity (Wildman–Crippen MR) is 66.4 cm³/mol. The van der Waals surface area contributed by atoms with Crippen molar-refractivity contribution in [1.82, 2.24) is 5.32 Å². The van der Waals surface area contributed by atoms with Crippen LogP contribution in [0.2, 0.25) is 0 Å². The molecule has 3 aliphatic rings. The quantitative estimate of drug-likeness (QED) is 0.697. The molecule has 4 nitrogen and oxygen atoms in total. The van der Waals surface area contributed by atoms with Crippen molar-refractivity contribution in [3.05, 3.63) is 23.8 Å². The van der Waals surface area contributed by atoms with Gasteiger partial charge in [-0.2, -0.15) is 0 Å². The first-order chi connectivity index (χ1) is 9.10. The van der Waals surface area contributed by atoms with Gasteiger partial charge in [0, 0.05) is 18.5 Å². The largest absolute Gasteiger partial charge is 0.357 e. The second-order valence-electron chi connectivity index (χ2n) is 4.85. The molecule has 88 valence electrons. The lowest BCUT2D eigenvalue weighted by molar-refractivity contribution is -0.115. The molecule has 3 heterocycles. The number of fused-ring (bicyclic) bond motifs is 3. The molecule has 4 heteroatoms. The molecule has 0 aromatic heterocycles. The summed E-state index contributed by atoms with van der Waals surface area (Å²) >= 11 is 0. The molecule has 4 rings (SSSR count). The van der Waals surface area contributed by atoms with E-state index in [1.807, 2.05) is 12.1 Å². The third-order valence-corrected chi connectivity index (χ3v) is 3.96. The second kappa shape index (κ2) is 3.23. The Hall–Kier alpha value is -1.55. The summed E-state index contributed by atoms with van der Waals surface area (Å²) in [5.41, 5.74) is 2.77. The highest BCUT2D eigenvalue weighted by Gasteiger charge is 2.43. The summed E-state index contributed by atoms with van der Waals surface area (Å²) in [5, 5.41) is 6.06. The van der Waals surface area contributed by atoms with Gasteiger partial charge in [-0.3, -0.25) is 4.79 Å². The fourth-order valence-electron chi connectivity index (χ4n) is 3.27. The molecule has 1 amide bonds. The summed E-state index contributed by atoms with van der Waals surface area (Å²) in [6.45, 7) is -0.236. The number of benzene rings is 1. The summed E-state index contributed by atoms with van der Waals surface area (Å²) in [6, 6.07) is 5.92. The van der Waals surface area contributed by atoms with Crippen molar-refractivity contribution >= 4 is 17.3 Å². The summed E-state index contributed by atoms with van der Waals surface area (Å²) in [4.78, 5) is 13.7. The van der Waals surface area contributed by atoms with Crippen molar-refractivity contribution in [2.45, 2.75) is 18.4 Å². The van der Waals surface area contributed by atoms with E-state index in [1.54, 1.807) is 4.90 Å². The van der Waals surface area contributed by atoms with Crippen LogP contribution < -0.4 is 15.5 Å². The average Bonchev–Trinajstić information content (AvgIpc) is 2.74. The van der Waals surface area contributed by atoms with Gasteiger partial charge in [-0.15, -0.1) is 0 Å². The van der Waals surface area contributed by atoms with Gasteiger partial charge in [-0.1, -0.05) is 12.1 Å². The molecule has 2 N–H and O–H groups in total. The lowest BCUT2D eigenvalue weighted by Crippen LogP contribution is -2.48. The number of amides is 1. The van der Waals surface area contributed by atoms with Gasteiger partial charge in [0.05, 0.1) is 20.6 Å². The van der Waals surface area contributed by atoms with E-state index in [2.05, 4.69) is 16.7 Å². The number of hydrogen-bond acceptors (Lipinski definition) is 3. The number of piperidine rings is 1. The highest BCUT2D eigenvalue weighted by atomic mass is 16.2. The van der Waals surface area contributed by atoms with Gasteiger partial charge in [0.25, 0.3) is 0 Å². The molecule has 0 radical (unpaired) electrons. The van der Waals surface area contributed by atoms with Crippen LogP contribution in [0, 0.1) is 0 Å². The van der Waals surface area contributed by atoms with E-state index >= 15 is 0 Å². The van der Waals surface area contributed by atoms with Gasteiger partial charge in [0.1, 0.15) is 0 Å². The highest BCUT2D eigenvalue weighted by molar-refractivity contribution is 6.03. The van der Waals surface area contributed by atoms with Crippen molar-refractivity contribution in [2.24, 2.45) is 0 Å². The highest BCUT2D eigenvalue weighted by Crippen LogP contribution is 2.48. The maximum absolute atomic E-state index is 12.0. The predicted octanol–water partition coefficient (Wildman–Crippen LogP) is 0.904. The molecule has 1 fully saturated rings. The zero-order chi connectivity index (χ0) is 13.2. The minimum Gasteiger partial charge on any atom is -0.357 e. The van der Waals surface area contributed by atoms with Crippen molar-refractivity contribution in [3.63, 3.8) is 0 Å². The number of carbonyl (C=O) groups is 1. The Morgan fingerprint density at radius 2 is 2.41 bits per heavy atom. The summed E-state index contributed by atoms with van der Waals surface area (Å²) in [5.74, 6) is -0.289. The molecular weight excluding hydrogens is 214 g/mol. The normalized spacial score (nSPS) is 34.4. The maximum Gasteiger partial charge on any atom is 0.243 e. The third kappa shape index (κ3) is 1.19.